The summed E-state index contributed by atoms with van der Waals surface area (Å²) in [4.78, 5) is 27.3. The summed E-state index contributed by atoms with van der Waals surface area (Å²) in [7, 11) is 0. The van der Waals surface area contributed by atoms with Crippen LogP contribution in [0.4, 0.5) is 4.79 Å². The third-order valence-electron chi connectivity index (χ3n) is 3.57. The zero-order chi connectivity index (χ0) is 18.1. The van der Waals surface area contributed by atoms with Crippen molar-refractivity contribution in [2.75, 3.05) is 0 Å². The molecule has 1 saturated heterocycles. The van der Waals surface area contributed by atoms with Crippen molar-refractivity contribution in [3.63, 3.8) is 0 Å². The number of rotatable bonds is 1. The highest BCUT2D eigenvalue weighted by molar-refractivity contribution is 8.18. The normalized spacial score (nSPS) is 15.2. The van der Waals surface area contributed by atoms with Gasteiger partial charge in [0.15, 0.2) is 5.58 Å². The van der Waals surface area contributed by atoms with Crippen molar-refractivity contribution in [3.05, 3.63) is 64.5 Å². The lowest BCUT2D eigenvalue weighted by molar-refractivity contribution is -0.115. The molecule has 2 aromatic heterocycles. The summed E-state index contributed by atoms with van der Waals surface area (Å²) in [6.45, 7) is 0. The maximum Gasteiger partial charge on any atom is 0.290 e. The average molecular weight is 362 g/mol. The summed E-state index contributed by atoms with van der Waals surface area (Å²) >= 11 is 0.829. The van der Waals surface area contributed by atoms with Crippen LogP contribution >= 0.6 is 11.8 Å². The molecule has 0 radical (unpaired) electrons. The molecule has 0 unspecified atom stereocenters. The standard InChI is InChI=1S/C19H10N2O4S/c22-14-5-2-11(3-6-14)1-4-12-9-20-10-13-7-15(25-17(12)13)8-16-18(23)21-19(24)26-16/h2-3,5-10,22H,(H,21,23,24)/b16-8-. The molecule has 4 rings (SSSR count). The maximum atomic E-state index is 11.6. The van der Waals surface area contributed by atoms with Crippen LogP contribution in [0, 0.1) is 11.8 Å². The minimum Gasteiger partial charge on any atom is -0.508 e. The molecule has 26 heavy (non-hydrogen) atoms. The molecule has 126 valence electrons. The first-order valence-corrected chi connectivity index (χ1v) is 8.33. The fourth-order valence-electron chi connectivity index (χ4n) is 2.38. The van der Waals surface area contributed by atoms with Crippen molar-refractivity contribution < 1.29 is 19.1 Å². The molecule has 1 aliphatic heterocycles. The topological polar surface area (TPSA) is 92.4 Å². The van der Waals surface area contributed by atoms with Gasteiger partial charge in [0.2, 0.25) is 0 Å². The number of carbonyl (C=O) groups is 2. The molecule has 2 N–H and O–H groups in total. The van der Waals surface area contributed by atoms with Crippen LogP contribution in [0.3, 0.4) is 0 Å². The van der Waals surface area contributed by atoms with Gasteiger partial charge in [-0.3, -0.25) is 19.9 Å². The smallest absolute Gasteiger partial charge is 0.290 e. The Bertz CT molecular complexity index is 1130. The number of pyridine rings is 1. The van der Waals surface area contributed by atoms with Gasteiger partial charge in [-0.15, -0.1) is 0 Å². The second-order valence-corrected chi connectivity index (χ2v) is 6.42. The Labute approximate surface area is 151 Å². The van der Waals surface area contributed by atoms with Gasteiger partial charge in [0.1, 0.15) is 11.5 Å². The maximum absolute atomic E-state index is 11.6. The van der Waals surface area contributed by atoms with E-state index in [1.165, 1.54) is 6.08 Å². The Kier molecular flexibility index (Phi) is 3.95. The highest BCUT2D eigenvalue weighted by atomic mass is 32.2. The summed E-state index contributed by atoms with van der Waals surface area (Å²) in [5.74, 6) is 6.16. The highest BCUT2D eigenvalue weighted by Crippen LogP contribution is 2.28. The average Bonchev–Trinajstić information content (AvgIpc) is 3.17. The predicted molar refractivity (Wildman–Crippen MR) is 97.2 cm³/mol. The second kappa shape index (κ2) is 6.43. The summed E-state index contributed by atoms with van der Waals surface area (Å²) in [5.41, 5.74) is 1.89. The summed E-state index contributed by atoms with van der Waals surface area (Å²) < 4.78 is 5.79. The highest BCUT2D eigenvalue weighted by Gasteiger charge is 2.25. The zero-order valence-corrected chi connectivity index (χ0v) is 14.0. The number of aromatic hydroxyl groups is 1. The van der Waals surface area contributed by atoms with E-state index in [2.05, 4.69) is 22.1 Å². The number of phenolic OH excluding ortho intramolecular Hbond substituents is 1. The quantitative estimate of drug-likeness (QED) is 0.510. The fourth-order valence-corrected chi connectivity index (χ4v) is 3.04. The van der Waals surface area contributed by atoms with Crippen LogP contribution in [-0.4, -0.2) is 21.2 Å². The van der Waals surface area contributed by atoms with Crippen LogP contribution in [0.1, 0.15) is 16.9 Å². The van der Waals surface area contributed by atoms with E-state index in [4.69, 9.17) is 4.42 Å². The second-order valence-electron chi connectivity index (χ2n) is 5.40. The molecule has 1 aromatic carbocycles. The molecule has 0 saturated carbocycles. The van der Waals surface area contributed by atoms with Crippen molar-refractivity contribution in [1.29, 1.82) is 0 Å². The summed E-state index contributed by atoms with van der Waals surface area (Å²) in [6.07, 6.45) is 4.75. The third-order valence-corrected chi connectivity index (χ3v) is 4.38. The van der Waals surface area contributed by atoms with Gasteiger partial charge in [-0.2, -0.15) is 0 Å². The van der Waals surface area contributed by atoms with Gasteiger partial charge >= 0.3 is 0 Å². The van der Waals surface area contributed by atoms with Crippen LogP contribution in [0.25, 0.3) is 17.0 Å². The SMILES string of the molecule is O=C1NC(=O)/C(=C/c2cc3cncc(C#Cc4ccc(O)cc4)c3o2)S1. The Morgan fingerprint density at radius 1 is 1.15 bits per heavy atom. The number of imide groups is 1. The number of phenols is 1. The molecule has 0 aliphatic carbocycles. The van der Waals surface area contributed by atoms with Crippen molar-refractivity contribution in [1.82, 2.24) is 10.3 Å². The molecule has 0 bridgehead atoms. The van der Waals surface area contributed by atoms with Crippen LogP contribution in [0.5, 0.6) is 5.75 Å². The molecule has 6 nitrogen and oxygen atoms in total. The lowest BCUT2D eigenvalue weighted by atomic mass is 10.2. The molecule has 1 aliphatic rings. The number of furan rings is 1. The number of thioether (sulfide) groups is 1. The lowest BCUT2D eigenvalue weighted by Gasteiger charge is -1.93. The van der Waals surface area contributed by atoms with Gasteiger partial charge in [-0.05, 0) is 42.1 Å². The summed E-state index contributed by atoms with van der Waals surface area (Å²) in [5, 5.41) is 11.8. The van der Waals surface area contributed by atoms with E-state index in [9.17, 15) is 14.7 Å². The number of fused-ring (bicyclic) bond motifs is 1. The van der Waals surface area contributed by atoms with Gasteiger partial charge in [0, 0.05) is 29.4 Å². The molecule has 2 amide bonds. The van der Waals surface area contributed by atoms with Gasteiger partial charge in [0.25, 0.3) is 11.1 Å². The first-order chi connectivity index (χ1) is 12.6. The van der Waals surface area contributed by atoms with E-state index in [1.807, 2.05) is 0 Å². The van der Waals surface area contributed by atoms with E-state index in [1.54, 1.807) is 42.7 Å². The number of nitrogens with zero attached hydrogens (tertiary/aromatic N) is 1. The Balaban J connectivity index is 1.70. The van der Waals surface area contributed by atoms with Gasteiger partial charge in [-0.1, -0.05) is 11.8 Å². The Hall–Kier alpha value is -3.50. The van der Waals surface area contributed by atoms with Crippen molar-refractivity contribution in [3.8, 4) is 17.6 Å². The Morgan fingerprint density at radius 2 is 1.96 bits per heavy atom. The van der Waals surface area contributed by atoms with Crippen molar-refractivity contribution >= 4 is 40.0 Å². The third kappa shape index (κ3) is 3.18. The molecule has 3 aromatic rings. The molecule has 0 spiro atoms. The molecule has 0 atom stereocenters. The van der Waals surface area contributed by atoms with Crippen LogP contribution in [0.2, 0.25) is 0 Å². The van der Waals surface area contributed by atoms with E-state index in [-0.39, 0.29) is 10.7 Å². The summed E-state index contributed by atoms with van der Waals surface area (Å²) in [6, 6.07) is 8.27. The van der Waals surface area contributed by atoms with Crippen molar-refractivity contribution in [2.24, 2.45) is 0 Å². The first-order valence-electron chi connectivity index (χ1n) is 7.52. The number of hydrogen-bond donors (Lipinski definition) is 2. The molecular formula is C19H10N2O4S. The minimum atomic E-state index is -0.439. The van der Waals surface area contributed by atoms with Crippen molar-refractivity contribution in [2.45, 2.75) is 0 Å². The van der Waals surface area contributed by atoms with E-state index in [0.29, 0.717) is 16.9 Å². The zero-order valence-electron chi connectivity index (χ0n) is 13.1. The number of amides is 2. The molecular weight excluding hydrogens is 352 g/mol. The number of carbonyl (C=O) groups excluding carboxylic acids is 2. The lowest BCUT2D eigenvalue weighted by Crippen LogP contribution is -2.17. The van der Waals surface area contributed by atoms with Gasteiger partial charge in [-0.25, -0.2) is 0 Å². The molecule has 1 fully saturated rings. The fraction of sp³-hybridized carbons (Fsp3) is 0. The number of hydrogen-bond acceptors (Lipinski definition) is 6. The monoisotopic (exact) mass is 362 g/mol. The minimum absolute atomic E-state index is 0.176. The largest absolute Gasteiger partial charge is 0.508 e. The van der Waals surface area contributed by atoms with Crippen LogP contribution in [-0.2, 0) is 4.79 Å². The number of nitrogens with one attached hydrogen (secondary N) is 1. The van der Waals surface area contributed by atoms with Crippen LogP contribution < -0.4 is 5.32 Å². The van der Waals surface area contributed by atoms with Gasteiger partial charge in [0.05, 0.1) is 10.5 Å². The van der Waals surface area contributed by atoms with Crippen LogP contribution in [0.15, 0.2) is 52.0 Å². The predicted octanol–water partition coefficient (Wildman–Crippen LogP) is 3.26. The molecule has 3 heterocycles. The van der Waals surface area contributed by atoms with E-state index in [0.717, 1.165) is 22.7 Å². The Morgan fingerprint density at radius 3 is 2.69 bits per heavy atom. The number of benzene rings is 1. The first kappa shape index (κ1) is 16.0. The van der Waals surface area contributed by atoms with E-state index < -0.39 is 11.1 Å². The van der Waals surface area contributed by atoms with E-state index >= 15 is 0 Å². The molecule has 7 heteroatoms. The van der Waals surface area contributed by atoms with Gasteiger partial charge < -0.3 is 9.52 Å². The number of aromatic nitrogens is 1.